The van der Waals surface area contributed by atoms with Gasteiger partial charge in [0.15, 0.2) is 5.13 Å². The highest BCUT2D eigenvalue weighted by Gasteiger charge is 2.27. The molecule has 38 heavy (non-hydrogen) atoms. The van der Waals surface area contributed by atoms with Gasteiger partial charge in [-0.05, 0) is 62.2 Å². The van der Waals surface area contributed by atoms with E-state index in [9.17, 15) is 13.2 Å². The summed E-state index contributed by atoms with van der Waals surface area (Å²) in [6, 6.07) is 13.8. The molecule has 1 aliphatic heterocycles. The molecule has 0 atom stereocenters. The molecule has 0 bridgehead atoms. The molecular formula is C27H31N5O4S2. The quantitative estimate of drug-likeness (QED) is 0.295. The van der Waals surface area contributed by atoms with Crippen LogP contribution >= 0.6 is 11.3 Å². The second-order valence-electron chi connectivity index (χ2n) is 9.10. The predicted molar refractivity (Wildman–Crippen MR) is 148 cm³/mol. The largest absolute Gasteiger partial charge is 0.492 e. The van der Waals surface area contributed by atoms with E-state index in [0.29, 0.717) is 54.7 Å². The summed E-state index contributed by atoms with van der Waals surface area (Å²) >= 11 is 1.42. The van der Waals surface area contributed by atoms with Crippen LogP contribution in [0.3, 0.4) is 0 Å². The minimum atomic E-state index is -3.60. The Balaban J connectivity index is 1.44. The van der Waals surface area contributed by atoms with Crippen molar-refractivity contribution >= 4 is 42.6 Å². The zero-order valence-electron chi connectivity index (χ0n) is 21.3. The first-order chi connectivity index (χ1) is 18.5. The van der Waals surface area contributed by atoms with Crippen molar-refractivity contribution in [2.75, 3.05) is 31.1 Å². The number of para-hydroxylation sites is 1. The molecule has 0 spiro atoms. The van der Waals surface area contributed by atoms with E-state index in [1.54, 1.807) is 32.2 Å². The van der Waals surface area contributed by atoms with Gasteiger partial charge in [0.2, 0.25) is 10.0 Å². The summed E-state index contributed by atoms with van der Waals surface area (Å²) in [6.45, 7) is 4.33. The topological polar surface area (TPSA) is 97.6 Å². The van der Waals surface area contributed by atoms with Crippen LogP contribution in [0.4, 0.5) is 5.13 Å². The normalized spacial score (nSPS) is 14.9. The van der Waals surface area contributed by atoms with Crippen molar-refractivity contribution in [3.63, 3.8) is 0 Å². The van der Waals surface area contributed by atoms with E-state index < -0.39 is 10.0 Å². The number of nitrogens with zero attached hydrogens (tertiary/aromatic N) is 5. The van der Waals surface area contributed by atoms with E-state index in [1.165, 1.54) is 23.5 Å². The SMILES string of the molecule is CCOc1cccc2sc(N(CCn3cccn3)C(=O)c3ccc(S(=O)(=O)N4CCCCCC4)cc3)nc12. The highest BCUT2D eigenvalue weighted by molar-refractivity contribution is 7.89. The van der Waals surface area contributed by atoms with Gasteiger partial charge in [-0.2, -0.15) is 9.40 Å². The van der Waals surface area contributed by atoms with Crippen LogP contribution < -0.4 is 9.64 Å². The summed E-state index contributed by atoms with van der Waals surface area (Å²) in [7, 11) is -3.60. The first-order valence-corrected chi connectivity index (χ1v) is 15.1. The molecule has 1 fully saturated rings. The number of carbonyl (C=O) groups is 1. The lowest BCUT2D eigenvalue weighted by molar-refractivity contribution is 0.0985. The monoisotopic (exact) mass is 553 g/mol. The van der Waals surface area contributed by atoms with Gasteiger partial charge >= 0.3 is 0 Å². The number of anilines is 1. The molecule has 4 aromatic rings. The van der Waals surface area contributed by atoms with Gasteiger partial charge in [0.25, 0.3) is 5.91 Å². The molecule has 0 N–H and O–H groups in total. The molecule has 1 aliphatic rings. The number of ether oxygens (including phenoxy) is 1. The lowest BCUT2D eigenvalue weighted by Crippen LogP contribution is -2.34. The van der Waals surface area contributed by atoms with Gasteiger partial charge < -0.3 is 4.74 Å². The Kier molecular flexibility index (Phi) is 8.06. The molecule has 2 aromatic heterocycles. The van der Waals surface area contributed by atoms with Gasteiger partial charge in [-0.25, -0.2) is 13.4 Å². The minimum Gasteiger partial charge on any atom is -0.492 e. The average Bonchev–Trinajstić information content (AvgIpc) is 3.52. The van der Waals surface area contributed by atoms with Crippen LogP contribution in [0, 0.1) is 0 Å². The van der Waals surface area contributed by atoms with Crippen LogP contribution in [-0.2, 0) is 16.6 Å². The van der Waals surface area contributed by atoms with Gasteiger partial charge in [0, 0.05) is 37.6 Å². The highest BCUT2D eigenvalue weighted by atomic mass is 32.2. The highest BCUT2D eigenvalue weighted by Crippen LogP contribution is 2.35. The summed E-state index contributed by atoms with van der Waals surface area (Å²) in [5.41, 5.74) is 1.11. The van der Waals surface area contributed by atoms with Crippen molar-refractivity contribution in [2.45, 2.75) is 44.0 Å². The predicted octanol–water partition coefficient (Wildman–Crippen LogP) is 4.80. The average molecular weight is 554 g/mol. The Labute approximate surface area is 226 Å². The van der Waals surface area contributed by atoms with Gasteiger partial charge in [0.1, 0.15) is 11.3 Å². The van der Waals surface area contributed by atoms with Crippen LogP contribution in [0.25, 0.3) is 10.2 Å². The molecule has 200 valence electrons. The van der Waals surface area contributed by atoms with Crippen LogP contribution in [0.2, 0.25) is 0 Å². The number of thiazole rings is 1. The number of fused-ring (bicyclic) bond motifs is 1. The maximum Gasteiger partial charge on any atom is 0.260 e. The molecule has 0 saturated carbocycles. The molecular weight excluding hydrogens is 522 g/mol. The van der Waals surface area contributed by atoms with Gasteiger partial charge in [-0.3, -0.25) is 14.4 Å². The van der Waals surface area contributed by atoms with E-state index in [1.807, 2.05) is 37.4 Å². The number of hydrogen-bond acceptors (Lipinski definition) is 7. The van der Waals surface area contributed by atoms with Crippen LogP contribution in [0.1, 0.15) is 43.0 Å². The summed E-state index contributed by atoms with van der Waals surface area (Å²) in [6.07, 6.45) is 7.37. The van der Waals surface area contributed by atoms with E-state index >= 15 is 0 Å². The van der Waals surface area contributed by atoms with Crippen LogP contribution in [0.15, 0.2) is 65.8 Å². The summed E-state index contributed by atoms with van der Waals surface area (Å²) in [5.74, 6) is 0.419. The number of amides is 1. The smallest absolute Gasteiger partial charge is 0.260 e. The van der Waals surface area contributed by atoms with Crippen molar-refractivity contribution in [1.29, 1.82) is 0 Å². The molecule has 5 rings (SSSR count). The zero-order valence-corrected chi connectivity index (χ0v) is 23.0. The fraction of sp³-hybridized carbons (Fsp3) is 0.370. The number of aromatic nitrogens is 3. The van der Waals surface area contributed by atoms with Gasteiger partial charge in [-0.15, -0.1) is 0 Å². The molecule has 2 aromatic carbocycles. The van der Waals surface area contributed by atoms with E-state index in [4.69, 9.17) is 9.72 Å². The van der Waals surface area contributed by atoms with E-state index in [0.717, 1.165) is 30.4 Å². The van der Waals surface area contributed by atoms with Crippen LogP contribution in [-0.4, -0.2) is 59.6 Å². The molecule has 9 nitrogen and oxygen atoms in total. The maximum absolute atomic E-state index is 13.8. The third kappa shape index (κ3) is 5.59. The first kappa shape index (κ1) is 26.3. The van der Waals surface area contributed by atoms with Crippen molar-refractivity contribution in [3.8, 4) is 5.75 Å². The second-order valence-corrected chi connectivity index (χ2v) is 12.0. The number of carbonyl (C=O) groups excluding carboxylic acids is 1. The molecule has 0 aliphatic carbocycles. The molecule has 0 radical (unpaired) electrons. The van der Waals surface area contributed by atoms with Crippen molar-refractivity contribution < 1.29 is 17.9 Å². The summed E-state index contributed by atoms with van der Waals surface area (Å²) in [5, 5.41) is 4.80. The van der Waals surface area contributed by atoms with Crippen molar-refractivity contribution in [3.05, 3.63) is 66.5 Å². The van der Waals surface area contributed by atoms with Crippen LogP contribution in [0.5, 0.6) is 5.75 Å². The summed E-state index contributed by atoms with van der Waals surface area (Å²) < 4.78 is 36.4. The summed E-state index contributed by atoms with van der Waals surface area (Å²) in [4.78, 5) is 20.4. The lowest BCUT2D eigenvalue weighted by Gasteiger charge is -2.21. The molecule has 3 heterocycles. The Hall–Kier alpha value is -3.28. The maximum atomic E-state index is 13.8. The zero-order chi connectivity index (χ0) is 26.5. The van der Waals surface area contributed by atoms with E-state index in [-0.39, 0.29) is 10.8 Å². The molecule has 11 heteroatoms. The standard InChI is InChI=1S/C27H31N5O4S2/c1-2-36-23-9-7-10-24-25(23)29-27(37-24)32(20-19-30-16-8-15-28-30)26(33)21-11-13-22(14-12-21)38(34,35)31-17-5-3-4-6-18-31/h7-16H,2-6,17-20H2,1H3. The number of benzene rings is 2. The van der Waals surface area contributed by atoms with Gasteiger partial charge in [0.05, 0.1) is 22.7 Å². The Morgan fingerprint density at radius 2 is 1.82 bits per heavy atom. The number of rotatable bonds is 9. The molecule has 1 saturated heterocycles. The Bertz CT molecular complexity index is 1480. The first-order valence-electron chi connectivity index (χ1n) is 12.9. The van der Waals surface area contributed by atoms with Crippen molar-refractivity contribution in [2.24, 2.45) is 0 Å². The fourth-order valence-corrected chi connectivity index (χ4v) is 7.10. The van der Waals surface area contributed by atoms with E-state index in [2.05, 4.69) is 5.10 Å². The second kappa shape index (κ2) is 11.6. The minimum absolute atomic E-state index is 0.209. The fourth-order valence-electron chi connectivity index (χ4n) is 4.57. The molecule has 1 amide bonds. The van der Waals surface area contributed by atoms with Gasteiger partial charge in [-0.1, -0.05) is 30.2 Å². The third-order valence-electron chi connectivity index (χ3n) is 6.56. The number of hydrogen-bond donors (Lipinski definition) is 0. The Morgan fingerprint density at radius 1 is 1.05 bits per heavy atom. The van der Waals surface area contributed by atoms with Crippen molar-refractivity contribution in [1.82, 2.24) is 19.1 Å². The number of sulfonamides is 1. The Morgan fingerprint density at radius 3 is 2.50 bits per heavy atom. The third-order valence-corrected chi connectivity index (χ3v) is 9.52. The lowest BCUT2D eigenvalue weighted by atomic mass is 10.2. The molecule has 0 unspecified atom stereocenters.